The standard InChI is InChI=1S/C22H48N.HI/c1-5-8-11-12-13-14-15-16-17-18-19-22-23(4,20-9-6-2)21-10-7-3;/h5-22H2,1-4H3;1H/q+1;/p-1. The van der Waals surface area contributed by atoms with Gasteiger partial charge in [0.1, 0.15) is 0 Å². The van der Waals surface area contributed by atoms with E-state index in [-0.39, 0.29) is 24.0 Å². The first kappa shape index (κ1) is 26.9. The normalized spacial score (nSPS) is 11.5. The third-order valence-corrected chi connectivity index (χ3v) is 5.40. The molecule has 0 aliphatic heterocycles. The highest BCUT2D eigenvalue weighted by Gasteiger charge is 2.19. The second-order valence-corrected chi connectivity index (χ2v) is 8.03. The minimum Gasteiger partial charge on any atom is -1.00 e. The lowest BCUT2D eigenvalue weighted by Gasteiger charge is -2.35. The molecule has 0 saturated carbocycles. The molecule has 0 aromatic heterocycles. The van der Waals surface area contributed by atoms with Gasteiger partial charge in [0, 0.05) is 0 Å². The van der Waals surface area contributed by atoms with E-state index in [0.717, 1.165) is 0 Å². The molecule has 0 radical (unpaired) electrons. The summed E-state index contributed by atoms with van der Waals surface area (Å²) in [6.07, 6.45) is 21.5. The molecule has 0 atom stereocenters. The smallest absolute Gasteiger partial charge is 0.0784 e. The minimum absolute atomic E-state index is 0. The first-order valence-corrected chi connectivity index (χ1v) is 11.0. The molecule has 0 aliphatic carbocycles. The molecule has 148 valence electrons. The van der Waals surface area contributed by atoms with Crippen molar-refractivity contribution in [3.63, 3.8) is 0 Å². The lowest BCUT2D eigenvalue weighted by Crippen LogP contribution is -3.00. The molecule has 0 unspecified atom stereocenters. The van der Waals surface area contributed by atoms with Crippen LogP contribution in [0.1, 0.15) is 117 Å². The van der Waals surface area contributed by atoms with Crippen LogP contribution in [-0.2, 0) is 0 Å². The molecular formula is C22H48IN. The molecule has 0 aromatic carbocycles. The van der Waals surface area contributed by atoms with E-state index >= 15 is 0 Å². The van der Waals surface area contributed by atoms with Crippen molar-refractivity contribution in [1.29, 1.82) is 0 Å². The number of rotatable bonds is 18. The van der Waals surface area contributed by atoms with E-state index in [1.54, 1.807) is 0 Å². The highest BCUT2D eigenvalue weighted by atomic mass is 127. The van der Waals surface area contributed by atoms with E-state index in [1.807, 2.05) is 0 Å². The zero-order valence-corrected chi connectivity index (χ0v) is 19.7. The molecule has 2 heteroatoms. The van der Waals surface area contributed by atoms with Gasteiger partial charge in [-0.1, -0.05) is 91.4 Å². The second-order valence-electron chi connectivity index (χ2n) is 8.03. The van der Waals surface area contributed by atoms with Gasteiger partial charge < -0.3 is 28.5 Å². The fourth-order valence-corrected chi connectivity index (χ4v) is 3.57. The molecule has 0 spiro atoms. The largest absolute Gasteiger partial charge is 1.00 e. The van der Waals surface area contributed by atoms with Gasteiger partial charge in [-0.2, -0.15) is 0 Å². The lowest BCUT2D eigenvalue weighted by molar-refractivity contribution is -0.910. The van der Waals surface area contributed by atoms with Crippen molar-refractivity contribution in [3.05, 3.63) is 0 Å². The molecule has 24 heavy (non-hydrogen) atoms. The number of hydrogen-bond acceptors (Lipinski definition) is 0. The fraction of sp³-hybridized carbons (Fsp3) is 1.00. The Balaban J connectivity index is 0. The van der Waals surface area contributed by atoms with Gasteiger partial charge in [-0.25, -0.2) is 0 Å². The molecule has 0 saturated heterocycles. The summed E-state index contributed by atoms with van der Waals surface area (Å²) in [4.78, 5) is 0. The van der Waals surface area contributed by atoms with Crippen molar-refractivity contribution in [2.24, 2.45) is 0 Å². The lowest BCUT2D eigenvalue weighted by atomic mass is 10.1. The van der Waals surface area contributed by atoms with Gasteiger partial charge in [0.25, 0.3) is 0 Å². The van der Waals surface area contributed by atoms with Crippen molar-refractivity contribution in [3.8, 4) is 0 Å². The molecule has 0 aliphatic rings. The van der Waals surface area contributed by atoms with Crippen molar-refractivity contribution >= 4 is 0 Å². The summed E-state index contributed by atoms with van der Waals surface area (Å²) in [7, 11) is 2.50. The first-order chi connectivity index (χ1) is 11.2. The molecule has 0 bridgehead atoms. The van der Waals surface area contributed by atoms with Gasteiger partial charge in [0.15, 0.2) is 0 Å². The number of unbranched alkanes of at least 4 members (excludes halogenated alkanes) is 12. The van der Waals surface area contributed by atoms with Crippen LogP contribution < -0.4 is 24.0 Å². The fourth-order valence-electron chi connectivity index (χ4n) is 3.57. The summed E-state index contributed by atoms with van der Waals surface area (Å²) >= 11 is 0. The predicted molar refractivity (Wildman–Crippen MR) is 107 cm³/mol. The third kappa shape index (κ3) is 17.5. The van der Waals surface area contributed by atoms with Gasteiger partial charge in [-0.15, -0.1) is 0 Å². The van der Waals surface area contributed by atoms with Gasteiger partial charge in [0.2, 0.25) is 0 Å². The average molecular weight is 454 g/mol. The number of nitrogens with zero attached hydrogens (tertiary/aromatic N) is 1. The summed E-state index contributed by atoms with van der Waals surface area (Å²) in [6, 6.07) is 0. The van der Waals surface area contributed by atoms with E-state index in [4.69, 9.17) is 0 Å². The SMILES string of the molecule is CCCCCCCCCCCCC[N+](C)(CCCC)CCCC.[I-]. The maximum Gasteiger partial charge on any atom is 0.0784 e. The van der Waals surface area contributed by atoms with E-state index in [2.05, 4.69) is 27.8 Å². The number of halogens is 1. The topological polar surface area (TPSA) is 0 Å². The summed E-state index contributed by atoms with van der Waals surface area (Å²) in [5.41, 5.74) is 0. The monoisotopic (exact) mass is 453 g/mol. The Morgan fingerprint density at radius 2 is 0.708 bits per heavy atom. The Labute approximate surface area is 172 Å². The van der Waals surface area contributed by atoms with Gasteiger partial charge >= 0.3 is 0 Å². The third-order valence-electron chi connectivity index (χ3n) is 5.40. The van der Waals surface area contributed by atoms with Crippen LogP contribution in [0.15, 0.2) is 0 Å². The van der Waals surface area contributed by atoms with Crippen LogP contribution >= 0.6 is 0 Å². The zero-order chi connectivity index (χ0) is 17.2. The second kappa shape index (κ2) is 20.0. The molecule has 0 aromatic rings. The Morgan fingerprint density at radius 3 is 1.08 bits per heavy atom. The highest BCUT2D eigenvalue weighted by Crippen LogP contribution is 2.14. The van der Waals surface area contributed by atoms with Crippen molar-refractivity contribution in [2.75, 3.05) is 26.7 Å². The molecular weight excluding hydrogens is 405 g/mol. The summed E-state index contributed by atoms with van der Waals surface area (Å²) < 4.78 is 1.33. The van der Waals surface area contributed by atoms with Crippen LogP contribution in [0.2, 0.25) is 0 Å². The van der Waals surface area contributed by atoms with Crippen LogP contribution in [0.5, 0.6) is 0 Å². The van der Waals surface area contributed by atoms with Crippen LogP contribution in [0.4, 0.5) is 0 Å². The van der Waals surface area contributed by atoms with E-state index in [9.17, 15) is 0 Å². The highest BCUT2D eigenvalue weighted by molar-refractivity contribution is 4.49. The van der Waals surface area contributed by atoms with Crippen LogP contribution in [0, 0.1) is 0 Å². The number of hydrogen-bond donors (Lipinski definition) is 0. The molecule has 0 fully saturated rings. The Kier molecular flexibility index (Phi) is 22.4. The summed E-state index contributed by atoms with van der Waals surface area (Å²) in [6.45, 7) is 11.2. The summed E-state index contributed by atoms with van der Waals surface area (Å²) in [5, 5.41) is 0. The predicted octanol–water partition coefficient (Wildman–Crippen LogP) is 4.35. The van der Waals surface area contributed by atoms with Gasteiger partial charge in [0.05, 0.1) is 26.7 Å². The van der Waals surface area contributed by atoms with Crippen molar-refractivity contribution < 1.29 is 28.5 Å². The maximum absolute atomic E-state index is 2.50. The molecule has 0 heterocycles. The van der Waals surface area contributed by atoms with Crippen molar-refractivity contribution in [2.45, 2.75) is 117 Å². The first-order valence-electron chi connectivity index (χ1n) is 11.0. The quantitative estimate of drug-likeness (QED) is 0.165. The molecule has 1 nitrogen and oxygen atoms in total. The van der Waals surface area contributed by atoms with Crippen LogP contribution in [0.3, 0.4) is 0 Å². The Hall–Kier alpha value is 0.690. The number of quaternary nitrogens is 1. The van der Waals surface area contributed by atoms with Crippen molar-refractivity contribution in [1.82, 2.24) is 0 Å². The van der Waals surface area contributed by atoms with Crippen LogP contribution in [-0.4, -0.2) is 31.2 Å². The van der Waals surface area contributed by atoms with E-state index in [0.29, 0.717) is 0 Å². The average Bonchev–Trinajstić information content (AvgIpc) is 2.56. The summed E-state index contributed by atoms with van der Waals surface area (Å²) in [5.74, 6) is 0. The van der Waals surface area contributed by atoms with E-state index < -0.39 is 0 Å². The minimum atomic E-state index is 0. The van der Waals surface area contributed by atoms with Gasteiger partial charge in [-0.3, -0.25) is 0 Å². The van der Waals surface area contributed by atoms with Gasteiger partial charge in [-0.05, 0) is 25.7 Å². The van der Waals surface area contributed by atoms with E-state index in [1.165, 1.54) is 120 Å². The molecule has 0 rings (SSSR count). The maximum atomic E-state index is 2.50. The Bertz CT molecular complexity index is 222. The Morgan fingerprint density at radius 1 is 0.417 bits per heavy atom. The zero-order valence-electron chi connectivity index (χ0n) is 17.6. The molecule has 0 N–H and O–H groups in total. The molecule has 0 amide bonds. The van der Waals surface area contributed by atoms with Crippen LogP contribution in [0.25, 0.3) is 0 Å².